The Kier molecular flexibility index (Phi) is 7.81. The van der Waals surface area contributed by atoms with Crippen molar-refractivity contribution in [3.8, 4) is 5.75 Å². The first-order valence-corrected chi connectivity index (χ1v) is 9.66. The maximum absolute atomic E-state index is 12.1. The number of non-ortho nitro benzene ring substituents is 1. The molecule has 0 atom stereocenters. The van der Waals surface area contributed by atoms with E-state index in [9.17, 15) is 19.7 Å². The number of carbonyl (C=O) groups excluding carboxylic acids is 2. The van der Waals surface area contributed by atoms with Crippen LogP contribution >= 0.6 is 0 Å². The molecular formula is C19H29N5O6. The molecule has 11 heteroatoms. The smallest absolute Gasteiger partial charge is 0.410 e. The molecule has 2 N–H and O–H groups in total. The van der Waals surface area contributed by atoms with E-state index < -0.39 is 16.6 Å². The lowest BCUT2D eigenvalue weighted by Crippen LogP contribution is -2.51. The molecule has 11 nitrogen and oxygen atoms in total. The Hall–Kier alpha value is -3.08. The van der Waals surface area contributed by atoms with Crippen LogP contribution in [0.5, 0.6) is 5.75 Å². The van der Waals surface area contributed by atoms with Crippen molar-refractivity contribution < 1.29 is 24.0 Å². The number of urea groups is 1. The number of hydrogen-bond donors (Lipinski definition) is 2. The molecular weight excluding hydrogens is 394 g/mol. The first kappa shape index (κ1) is 23.2. The van der Waals surface area contributed by atoms with E-state index in [2.05, 4.69) is 15.5 Å². The minimum absolute atomic E-state index is 0.144. The van der Waals surface area contributed by atoms with Crippen LogP contribution in [-0.4, -0.2) is 78.8 Å². The minimum Gasteiger partial charge on any atom is -0.495 e. The van der Waals surface area contributed by atoms with Crippen molar-refractivity contribution in [1.82, 2.24) is 15.1 Å². The number of ether oxygens (including phenoxy) is 2. The van der Waals surface area contributed by atoms with Gasteiger partial charge in [0.1, 0.15) is 11.4 Å². The van der Waals surface area contributed by atoms with Gasteiger partial charge in [-0.3, -0.25) is 15.0 Å². The van der Waals surface area contributed by atoms with Crippen LogP contribution in [0.15, 0.2) is 18.2 Å². The zero-order chi connectivity index (χ0) is 22.3. The Labute approximate surface area is 175 Å². The lowest BCUT2D eigenvalue weighted by Gasteiger charge is -2.35. The number of amides is 3. The predicted molar refractivity (Wildman–Crippen MR) is 111 cm³/mol. The maximum Gasteiger partial charge on any atom is 0.410 e. The number of piperazine rings is 1. The van der Waals surface area contributed by atoms with Crippen LogP contribution in [0.25, 0.3) is 0 Å². The molecule has 1 heterocycles. The first-order chi connectivity index (χ1) is 14.1. The number of nitro benzene ring substituents is 1. The third-order valence-corrected chi connectivity index (χ3v) is 4.38. The van der Waals surface area contributed by atoms with Crippen LogP contribution in [0.4, 0.5) is 21.0 Å². The summed E-state index contributed by atoms with van der Waals surface area (Å²) in [5.74, 6) is 0.328. The summed E-state index contributed by atoms with van der Waals surface area (Å²) in [4.78, 5) is 38.4. The van der Waals surface area contributed by atoms with Gasteiger partial charge in [-0.05, 0) is 26.8 Å². The molecule has 30 heavy (non-hydrogen) atoms. The molecule has 0 saturated carbocycles. The molecule has 1 saturated heterocycles. The Bertz CT molecular complexity index is 771. The van der Waals surface area contributed by atoms with Gasteiger partial charge in [0.15, 0.2) is 0 Å². The fourth-order valence-corrected chi connectivity index (χ4v) is 2.88. The molecule has 0 radical (unpaired) electrons. The number of nitro groups is 1. The second-order valence-electron chi connectivity index (χ2n) is 7.83. The van der Waals surface area contributed by atoms with E-state index in [1.165, 1.54) is 25.3 Å². The van der Waals surface area contributed by atoms with Crippen LogP contribution in [-0.2, 0) is 4.74 Å². The number of methoxy groups -OCH3 is 1. The molecule has 0 spiro atoms. The summed E-state index contributed by atoms with van der Waals surface area (Å²) in [6.07, 6.45) is -0.314. The topological polar surface area (TPSA) is 126 Å². The highest BCUT2D eigenvalue weighted by atomic mass is 16.6. The zero-order valence-corrected chi connectivity index (χ0v) is 17.8. The fraction of sp³-hybridized carbons (Fsp3) is 0.579. The number of nitrogens with one attached hydrogen (secondary N) is 2. The molecule has 1 fully saturated rings. The summed E-state index contributed by atoms with van der Waals surface area (Å²) in [5, 5.41) is 16.2. The van der Waals surface area contributed by atoms with E-state index in [4.69, 9.17) is 9.47 Å². The highest BCUT2D eigenvalue weighted by molar-refractivity contribution is 5.91. The minimum atomic E-state index is -0.542. The van der Waals surface area contributed by atoms with Gasteiger partial charge in [0.2, 0.25) is 0 Å². The van der Waals surface area contributed by atoms with Crippen LogP contribution < -0.4 is 15.4 Å². The van der Waals surface area contributed by atoms with Crippen molar-refractivity contribution in [2.45, 2.75) is 26.4 Å². The Morgan fingerprint density at radius 1 is 1.20 bits per heavy atom. The largest absolute Gasteiger partial charge is 0.495 e. The lowest BCUT2D eigenvalue weighted by molar-refractivity contribution is -0.384. The predicted octanol–water partition coefficient (Wildman–Crippen LogP) is 2.28. The fourth-order valence-electron chi connectivity index (χ4n) is 2.88. The summed E-state index contributed by atoms with van der Waals surface area (Å²) in [5.41, 5.74) is -0.447. The van der Waals surface area contributed by atoms with Crippen molar-refractivity contribution in [2.24, 2.45) is 0 Å². The Morgan fingerprint density at radius 3 is 2.43 bits per heavy atom. The van der Waals surface area contributed by atoms with Crippen molar-refractivity contribution in [3.63, 3.8) is 0 Å². The molecule has 1 aromatic rings. The first-order valence-electron chi connectivity index (χ1n) is 9.66. The van der Waals surface area contributed by atoms with Gasteiger partial charge < -0.3 is 25.0 Å². The van der Waals surface area contributed by atoms with E-state index in [1.807, 2.05) is 20.8 Å². The van der Waals surface area contributed by atoms with Gasteiger partial charge >= 0.3 is 12.1 Å². The van der Waals surface area contributed by atoms with Crippen molar-refractivity contribution in [1.29, 1.82) is 0 Å². The monoisotopic (exact) mass is 423 g/mol. The van der Waals surface area contributed by atoms with Gasteiger partial charge in [0.25, 0.3) is 5.69 Å². The van der Waals surface area contributed by atoms with E-state index in [0.29, 0.717) is 45.0 Å². The van der Waals surface area contributed by atoms with E-state index in [-0.39, 0.29) is 17.5 Å². The third-order valence-electron chi connectivity index (χ3n) is 4.38. The average Bonchev–Trinajstić information content (AvgIpc) is 2.67. The van der Waals surface area contributed by atoms with Crippen LogP contribution in [0.2, 0.25) is 0 Å². The van der Waals surface area contributed by atoms with Gasteiger partial charge in [-0.15, -0.1) is 0 Å². The molecule has 1 aliphatic heterocycles. The molecule has 0 aliphatic carbocycles. The Balaban J connectivity index is 1.75. The highest BCUT2D eigenvalue weighted by Gasteiger charge is 2.25. The zero-order valence-electron chi connectivity index (χ0n) is 17.8. The molecule has 166 valence electrons. The number of benzene rings is 1. The van der Waals surface area contributed by atoms with Crippen LogP contribution in [0.1, 0.15) is 20.8 Å². The molecule has 0 aromatic heterocycles. The second-order valence-corrected chi connectivity index (χ2v) is 7.83. The number of nitrogens with zero attached hydrogens (tertiary/aromatic N) is 3. The average molecular weight is 423 g/mol. The normalized spacial score (nSPS) is 14.7. The maximum atomic E-state index is 12.1. The summed E-state index contributed by atoms with van der Waals surface area (Å²) in [7, 11) is 1.42. The summed E-state index contributed by atoms with van der Waals surface area (Å²) in [6, 6.07) is 3.49. The van der Waals surface area contributed by atoms with Crippen LogP contribution in [0, 0.1) is 10.1 Å². The van der Waals surface area contributed by atoms with E-state index in [1.54, 1.807) is 4.90 Å². The lowest BCUT2D eigenvalue weighted by atomic mass is 10.2. The van der Waals surface area contributed by atoms with Crippen molar-refractivity contribution in [3.05, 3.63) is 28.3 Å². The summed E-state index contributed by atoms with van der Waals surface area (Å²) >= 11 is 0. The molecule has 1 aliphatic rings. The number of rotatable bonds is 6. The van der Waals surface area contributed by atoms with Gasteiger partial charge in [-0.1, -0.05) is 0 Å². The molecule has 0 bridgehead atoms. The summed E-state index contributed by atoms with van der Waals surface area (Å²) < 4.78 is 10.5. The third kappa shape index (κ3) is 7.07. The van der Waals surface area contributed by atoms with E-state index in [0.717, 1.165) is 0 Å². The molecule has 3 amide bonds. The standard InChI is InChI=1S/C19H29N5O6/c1-19(2,3)30-18(26)23-11-9-22(10-12-23)8-7-20-17(25)21-15-13-14(24(27)28)5-6-16(15)29-4/h5-6,13H,7-12H2,1-4H3,(H2,20,21,25). The van der Waals surface area contributed by atoms with Gasteiger partial charge in [-0.25, -0.2) is 9.59 Å². The molecule has 1 aromatic carbocycles. The quantitative estimate of drug-likeness (QED) is 0.531. The number of carbonyl (C=O) groups is 2. The summed E-state index contributed by atoms with van der Waals surface area (Å²) in [6.45, 7) is 8.99. The van der Waals surface area contributed by atoms with Crippen LogP contribution in [0.3, 0.4) is 0 Å². The number of anilines is 1. The molecule has 0 unspecified atom stereocenters. The van der Waals surface area contributed by atoms with Gasteiger partial charge in [0.05, 0.1) is 17.7 Å². The second kappa shape index (κ2) is 10.1. The Morgan fingerprint density at radius 2 is 1.87 bits per heavy atom. The van der Waals surface area contributed by atoms with Gasteiger partial charge in [-0.2, -0.15) is 0 Å². The molecule has 2 rings (SSSR count). The van der Waals surface area contributed by atoms with E-state index >= 15 is 0 Å². The van der Waals surface area contributed by atoms with Gasteiger partial charge in [0, 0.05) is 51.4 Å². The number of hydrogen-bond acceptors (Lipinski definition) is 7. The highest BCUT2D eigenvalue weighted by Crippen LogP contribution is 2.28. The van der Waals surface area contributed by atoms with Crippen molar-refractivity contribution in [2.75, 3.05) is 51.7 Å². The SMILES string of the molecule is COc1ccc([N+](=O)[O-])cc1NC(=O)NCCN1CCN(C(=O)OC(C)(C)C)CC1. The van der Waals surface area contributed by atoms with Crippen molar-refractivity contribution >= 4 is 23.5 Å².